The van der Waals surface area contributed by atoms with Crippen molar-refractivity contribution in [1.29, 1.82) is 5.53 Å². The lowest BCUT2D eigenvalue weighted by Crippen LogP contribution is -2.29. The average Bonchev–Trinajstić information content (AvgIpc) is 2.36. The molecule has 8 heteroatoms. The van der Waals surface area contributed by atoms with Gasteiger partial charge >= 0.3 is 6.03 Å². The first-order chi connectivity index (χ1) is 9.23. The summed E-state index contributed by atoms with van der Waals surface area (Å²) in [6, 6.07) is 2.91. The van der Waals surface area contributed by atoms with Gasteiger partial charge in [-0.15, -0.1) is 0 Å². The smallest absolute Gasteiger partial charge is 0.343 e. The number of anilines is 1. The van der Waals surface area contributed by atoms with Gasteiger partial charge in [-0.2, -0.15) is 10.5 Å². The fraction of sp³-hybridized carbons (Fsp3) is 0.417. The van der Waals surface area contributed by atoms with Crippen molar-refractivity contribution < 1.29 is 19.0 Å². The molecule has 1 aromatic rings. The standard InChI is InChI=1S/C12H17FN4O3/c1-12(2,19)7-20-10-6-8(13)4-5-9(10)15-11(18)17(3)16-14/h4-6,14,19H,7H2,1-3H3,(H,15,18). The minimum Gasteiger partial charge on any atom is -0.488 e. The number of amides is 2. The highest BCUT2D eigenvalue weighted by Gasteiger charge is 2.17. The highest BCUT2D eigenvalue weighted by Crippen LogP contribution is 2.26. The summed E-state index contributed by atoms with van der Waals surface area (Å²) in [5, 5.41) is 15.7. The molecule has 0 unspecified atom stereocenters. The minimum absolute atomic E-state index is 0.0714. The molecule has 0 radical (unpaired) electrons. The van der Waals surface area contributed by atoms with Gasteiger partial charge in [0, 0.05) is 13.1 Å². The first kappa shape index (κ1) is 15.8. The highest BCUT2D eigenvalue weighted by atomic mass is 19.1. The normalized spacial score (nSPS) is 10.8. The van der Waals surface area contributed by atoms with E-state index in [1.54, 1.807) is 0 Å². The van der Waals surface area contributed by atoms with Crippen molar-refractivity contribution in [2.45, 2.75) is 19.4 Å². The van der Waals surface area contributed by atoms with Crippen LogP contribution >= 0.6 is 0 Å². The number of nitrogens with one attached hydrogen (secondary N) is 2. The molecule has 110 valence electrons. The number of rotatable bonds is 5. The summed E-state index contributed by atoms with van der Waals surface area (Å²) >= 11 is 0. The molecule has 2 amide bonds. The Morgan fingerprint density at radius 2 is 2.25 bits per heavy atom. The number of carbonyl (C=O) groups is 1. The molecule has 0 aromatic heterocycles. The van der Waals surface area contributed by atoms with Crippen LogP contribution in [0.15, 0.2) is 23.4 Å². The van der Waals surface area contributed by atoms with Gasteiger partial charge in [-0.05, 0) is 26.0 Å². The molecular formula is C12H17FN4O3. The Kier molecular flexibility index (Phi) is 4.98. The van der Waals surface area contributed by atoms with Crippen LogP contribution in [0.3, 0.4) is 0 Å². The molecule has 0 aliphatic heterocycles. The number of hydrogen-bond donors (Lipinski definition) is 3. The second kappa shape index (κ2) is 6.29. The number of urea groups is 1. The Morgan fingerprint density at radius 3 is 2.80 bits per heavy atom. The molecule has 0 aliphatic carbocycles. The Hall–Kier alpha value is -2.22. The number of hydrogen-bond acceptors (Lipinski definition) is 5. The van der Waals surface area contributed by atoms with Crippen molar-refractivity contribution in [3.05, 3.63) is 24.0 Å². The minimum atomic E-state index is -1.10. The van der Waals surface area contributed by atoms with Crippen LogP contribution in [-0.4, -0.2) is 35.4 Å². The maximum Gasteiger partial charge on any atom is 0.343 e. The Bertz CT molecular complexity index is 502. The van der Waals surface area contributed by atoms with Gasteiger partial charge in [0.05, 0.1) is 11.3 Å². The highest BCUT2D eigenvalue weighted by molar-refractivity contribution is 5.90. The number of ether oxygens (including phenoxy) is 1. The van der Waals surface area contributed by atoms with Crippen LogP contribution < -0.4 is 10.1 Å². The third-order valence-corrected chi connectivity index (χ3v) is 2.21. The number of halogens is 1. The lowest BCUT2D eigenvalue weighted by Gasteiger charge is -2.20. The van der Waals surface area contributed by atoms with E-state index in [1.165, 1.54) is 27.0 Å². The van der Waals surface area contributed by atoms with Gasteiger partial charge in [-0.25, -0.2) is 9.18 Å². The van der Waals surface area contributed by atoms with Crippen LogP contribution in [0.1, 0.15) is 13.8 Å². The van der Waals surface area contributed by atoms with Gasteiger partial charge in [-0.3, -0.25) is 0 Å². The van der Waals surface area contributed by atoms with Gasteiger partial charge in [0.2, 0.25) is 0 Å². The van der Waals surface area contributed by atoms with E-state index >= 15 is 0 Å². The molecule has 0 bridgehead atoms. The summed E-state index contributed by atoms with van der Waals surface area (Å²) in [6.45, 7) is 3.01. The maximum absolute atomic E-state index is 13.2. The van der Waals surface area contributed by atoms with Gasteiger partial charge in [0.1, 0.15) is 18.2 Å². The van der Waals surface area contributed by atoms with Gasteiger partial charge in [0.15, 0.2) is 0 Å². The molecule has 0 saturated carbocycles. The van der Waals surface area contributed by atoms with E-state index in [2.05, 4.69) is 10.5 Å². The summed E-state index contributed by atoms with van der Waals surface area (Å²) in [7, 11) is 1.29. The van der Waals surface area contributed by atoms with Crippen molar-refractivity contribution >= 4 is 11.7 Å². The third kappa shape index (κ3) is 4.81. The molecule has 0 aliphatic rings. The predicted octanol–water partition coefficient (Wildman–Crippen LogP) is 2.39. The first-order valence-electron chi connectivity index (χ1n) is 5.80. The molecular weight excluding hydrogens is 267 g/mol. The van der Waals surface area contributed by atoms with Crippen LogP contribution in [0.2, 0.25) is 0 Å². The summed E-state index contributed by atoms with van der Waals surface area (Å²) in [5.74, 6) is -0.453. The number of carbonyl (C=O) groups excluding carboxylic acids is 1. The monoisotopic (exact) mass is 284 g/mol. The van der Waals surface area contributed by atoms with E-state index < -0.39 is 17.4 Å². The van der Waals surface area contributed by atoms with Gasteiger partial charge in [-0.1, -0.05) is 5.22 Å². The quantitative estimate of drug-likeness (QED) is 0.572. The van der Waals surface area contributed by atoms with E-state index in [-0.39, 0.29) is 18.0 Å². The molecule has 0 saturated heterocycles. The Morgan fingerprint density at radius 1 is 1.60 bits per heavy atom. The number of aliphatic hydroxyl groups is 1. The zero-order chi connectivity index (χ0) is 15.3. The zero-order valence-electron chi connectivity index (χ0n) is 11.5. The van der Waals surface area contributed by atoms with Crippen LogP contribution in [-0.2, 0) is 0 Å². The average molecular weight is 284 g/mol. The largest absolute Gasteiger partial charge is 0.488 e. The van der Waals surface area contributed by atoms with Crippen molar-refractivity contribution in [2.24, 2.45) is 5.22 Å². The van der Waals surface area contributed by atoms with E-state index in [0.717, 1.165) is 17.1 Å². The molecule has 20 heavy (non-hydrogen) atoms. The fourth-order valence-corrected chi connectivity index (χ4v) is 1.21. The number of benzene rings is 1. The molecule has 0 heterocycles. The van der Waals surface area contributed by atoms with Crippen molar-refractivity contribution in [1.82, 2.24) is 5.01 Å². The first-order valence-corrected chi connectivity index (χ1v) is 5.80. The number of nitrogens with zero attached hydrogens (tertiary/aromatic N) is 2. The molecule has 0 atom stereocenters. The Balaban J connectivity index is 2.90. The Labute approximate surface area is 115 Å². The topological polar surface area (TPSA) is 98.0 Å². The molecule has 3 N–H and O–H groups in total. The summed E-state index contributed by atoms with van der Waals surface area (Å²) < 4.78 is 18.5. The third-order valence-electron chi connectivity index (χ3n) is 2.21. The summed E-state index contributed by atoms with van der Waals surface area (Å²) in [5.41, 5.74) is 5.84. The SMILES string of the molecule is CN(N=N)C(=O)Nc1ccc(F)cc1OCC(C)(C)O. The maximum atomic E-state index is 13.2. The van der Waals surface area contributed by atoms with Crippen LogP contribution in [0.25, 0.3) is 0 Å². The van der Waals surface area contributed by atoms with E-state index in [1.807, 2.05) is 0 Å². The summed E-state index contributed by atoms with van der Waals surface area (Å²) in [4.78, 5) is 11.6. The van der Waals surface area contributed by atoms with Crippen LogP contribution in [0, 0.1) is 11.3 Å². The van der Waals surface area contributed by atoms with Gasteiger partial charge < -0.3 is 15.2 Å². The lowest BCUT2D eigenvalue weighted by atomic mass is 10.2. The van der Waals surface area contributed by atoms with Crippen LogP contribution in [0.5, 0.6) is 5.75 Å². The second-order valence-electron chi connectivity index (χ2n) is 4.80. The molecule has 1 aromatic carbocycles. The zero-order valence-corrected chi connectivity index (χ0v) is 11.5. The fourth-order valence-electron chi connectivity index (χ4n) is 1.21. The molecule has 7 nitrogen and oxygen atoms in total. The molecule has 0 spiro atoms. The van der Waals surface area contributed by atoms with Crippen molar-refractivity contribution in [3.8, 4) is 5.75 Å². The second-order valence-corrected chi connectivity index (χ2v) is 4.80. The van der Waals surface area contributed by atoms with E-state index in [9.17, 15) is 14.3 Å². The van der Waals surface area contributed by atoms with Crippen LogP contribution in [0.4, 0.5) is 14.9 Å². The van der Waals surface area contributed by atoms with E-state index in [0.29, 0.717) is 0 Å². The predicted molar refractivity (Wildman–Crippen MR) is 70.1 cm³/mol. The molecule has 1 rings (SSSR count). The van der Waals surface area contributed by atoms with Crippen molar-refractivity contribution in [3.63, 3.8) is 0 Å². The molecule has 0 fully saturated rings. The lowest BCUT2D eigenvalue weighted by molar-refractivity contribution is 0.0286. The summed E-state index contributed by atoms with van der Waals surface area (Å²) in [6.07, 6.45) is 0. The van der Waals surface area contributed by atoms with Gasteiger partial charge in [0.25, 0.3) is 0 Å². The van der Waals surface area contributed by atoms with Crippen molar-refractivity contribution in [2.75, 3.05) is 19.0 Å². The van der Waals surface area contributed by atoms with E-state index in [4.69, 9.17) is 10.3 Å².